The third-order valence-corrected chi connectivity index (χ3v) is 1.68. The Bertz CT molecular complexity index is 343. The predicted molar refractivity (Wildman–Crippen MR) is 50.6 cm³/mol. The number of nitriles is 1. The summed E-state index contributed by atoms with van der Waals surface area (Å²) in [5.41, 5.74) is 2.86. The largest absolute Gasteiger partial charge is 0.192 e. The van der Waals surface area contributed by atoms with Gasteiger partial charge in [-0.2, -0.15) is 5.26 Å². The van der Waals surface area contributed by atoms with E-state index in [2.05, 4.69) is 6.07 Å². The molecule has 60 valence electrons. The van der Waals surface area contributed by atoms with Gasteiger partial charge >= 0.3 is 0 Å². The van der Waals surface area contributed by atoms with Crippen molar-refractivity contribution in [2.45, 2.75) is 13.8 Å². The lowest BCUT2D eigenvalue weighted by Gasteiger charge is -1.98. The molecule has 0 spiro atoms. The Morgan fingerprint density at radius 2 is 2.17 bits per heavy atom. The molecule has 0 saturated heterocycles. The van der Waals surface area contributed by atoms with Crippen molar-refractivity contribution >= 4 is 6.08 Å². The molecule has 0 saturated carbocycles. The molecule has 0 aliphatic rings. The second-order valence-corrected chi connectivity index (χ2v) is 2.70. The van der Waals surface area contributed by atoms with Crippen LogP contribution in [0.25, 0.3) is 6.08 Å². The van der Waals surface area contributed by atoms with Crippen molar-refractivity contribution < 1.29 is 0 Å². The molecule has 0 radical (unpaired) electrons. The summed E-state index contributed by atoms with van der Waals surface area (Å²) in [5.74, 6) is 0. The highest BCUT2D eigenvalue weighted by Crippen LogP contribution is 2.11. The van der Waals surface area contributed by atoms with Crippen molar-refractivity contribution in [3.63, 3.8) is 0 Å². The normalized spacial score (nSPS) is 10.1. The number of aryl methyl sites for hydroxylation is 1. The van der Waals surface area contributed by atoms with Crippen molar-refractivity contribution in [2.24, 2.45) is 0 Å². The first-order chi connectivity index (χ1) is 5.77. The van der Waals surface area contributed by atoms with Gasteiger partial charge in [0.25, 0.3) is 0 Å². The summed E-state index contributed by atoms with van der Waals surface area (Å²) >= 11 is 0. The predicted octanol–water partition coefficient (Wildman–Crippen LogP) is 2.90. The Morgan fingerprint density at radius 1 is 1.42 bits per heavy atom. The van der Waals surface area contributed by atoms with Crippen LogP contribution in [-0.2, 0) is 0 Å². The van der Waals surface area contributed by atoms with Crippen LogP contribution in [0.4, 0.5) is 0 Å². The molecule has 0 fully saturated rings. The average Bonchev–Trinajstić information content (AvgIpc) is 2.08. The first-order valence-electron chi connectivity index (χ1n) is 3.91. The third kappa shape index (κ3) is 1.73. The summed E-state index contributed by atoms with van der Waals surface area (Å²) in [6, 6.07) is 8.04. The molecule has 12 heavy (non-hydrogen) atoms. The number of benzene rings is 1. The van der Waals surface area contributed by atoms with Crippen LogP contribution in [0.1, 0.15) is 23.6 Å². The zero-order valence-corrected chi connectivity index (χ0v) is 7.33. The molecule has 0 aliphatic carbocycles. The van der Waals surface area contributed by atoms with Gasteiger partial charge in [0, 0.05) is 0 Å². The molecule has 1 aromatic rings. The topological polar surface area (TPSA) is 23.8 Å². The number of hydrogen-bond acceptors (Lipinski definition) is 1. The Balaban J connectivity index is 3.22. The van der Waals surface area contributed by atoms with Crippen molar-refractivity contribution in [3.05, 3.63) is 41.0 Å². The fraction of sp³-hybridized carbons (Fsp3) is 0.182. The molecule has 1 nitrogen and oxygen atoms in total. The highest BCUT2D eigenvalue weighted by molar-refractivity contribution is 5.58. The molecule has 0 aromatic heterocycles. The summed E-state index contributed by atoms with van der Waals surface area (Å²) in [6.45, 7) is 3.93. The van der Waals surface area contributed by atoms with E-state index in [0.29, 0.717) is 0 Å². The molecule has 0 unspecified atom stereocenters. The highest BCUT2D eigenvalue weighted by Gasteiger charge is 1.96. The van der Waals surface area contributed by atoms with Gasteiger partial charge in [0.1, 0.15) is 0 Å². The number of hydrogen-bond donors (Lipinski definition) is 0. The van der Waals surface area contributed by atoms with E-state index in [1.807, 2.05) is 44.2 Å². The maximum atomic E-state index is 8.79. The van der Waals surface area contributed by atoms with Crippen LogP contribution in [0.5, 0.6) is 0 Å². The van der Waals surface area contributed by atoms with Gasteiger partial charge in [-0.25, -0.2) is 0 Å². The van der Waals surface area contributed by atoms with Gasteiger partial charge in [-0.15, -0.1) is 0 Å². The minimum absolute atomic E-state index is 0.744. The van der Waals surface area contributed by atoms with E-state index in [1.54, 1.807) is 0 Å². The van der Waals surface area contributed by atoms with E-state index in [9.17, 15) is 0 Å². The summed E-state index contributed by atoms with van der Waals surface area (Å²) in [5, 5.41) is 8.79. The van der Waals surface area contributed by atoms with Crippen LogP contribution in [0.3, 0.4) is 0 Å². The van der Waals surface area contributed by atoms with Crippen molar-refractivity contribution in [2.75, 3.05) is 0 Å². The first-order valence-corrected chi connectivity index (χ1v) is 3.91. The number of allylic oxidation sites excluding steroid dienone is 1. The van der Waals surface area contributed by atoms with Gasteiger partial charge in [-0.3, -0.25) is 0 Å². The van der Waals surface area contributed by atoms with Crippen LogP contribution < -0.4 is 0 Å². The quantitative estimate of drug-likeness (QED) is 0.615. The van der Waals surface area contributed by atoms with E-state index < -0.39 is 0 Å². The first kappa shape index (κ1) is 8.55. The molecular formula is C11H11N. The van der Waals surface area contributed by atoms with E-state index in [1.165, 1.54) is 0 Å². The SMILES string of the molecule is CC=Cc1ccc(C)cc1C#N. The van der Waals surface area contributed by atoms with Crippen molar-refractivity contribution in [1.82, 2.24) is 0 Å². The third-order valence-electron chi connectivity index (χ3n) is 1.68. The van der Waals surface area contributed by atoms with Crippen molar-refractivity contribution in [1.29, 1.82) is 5.26 Å². The van der Waals surface area contributed by atoms with Gasteiger partial charge in [0.2, 0.25) is 0 Å². The Hall–Kier alpha value is -1.55. The van der Waals surface area contributed by atoms with Gasteiger partial charge in [0.15, 0.2) is 0 Å². The number of nitrogens with zero attached hydrogens (tertiary/aromatic N) is 1. The van der Waals surface area contributed by atoms with Crippen LogP contribution in [0.15, 0.2) is 24.3 Å². The fourth-order valence-electron chi connectivity index (χ4n) is 1.09. The van der Waals surface area contributed by atoms with E-state index in [0.717, 1.165) is 16.7 Å². The summed E-state index contributed by atoms with van der Waals surface area (Å²) in [7, 11) is 0. The lowest BCUT2D eigenvalue weighted by Crippen LogP contribution is -1.82. The summed E-state index contributed by atoms with van der Waals surface area (Å²) in [4.78, 5) is 0. The maximum absolute atomic E-state index is 8.79. The monoisotopic (exact) mass is 157 g/mol. The van der Waals surface area contributed by atoms with Crippen LogP contribution in [0, 0.1) is 18.3 Å². The molecule has 0 aliphatic heterocycles. The molecule has 0 heterocycles. The summed E-state index contributed by atoms with van der Waals surface area (Å²) < 4.78 is 0. The molecular weight excluding hydrogens is 146 g/mol. The average molecular weight is 157 g/mol. The Kier molecular flexibility index (Phi) is 2.66. The summed E-state index contributed by atoms with van der Waals surface area (Å²) in [6.07, 6.45) is 3.88. The minimum atomic E-state index is 0.744. The smallest absolute Gasteiger partial charge is 0.0998 e. The number of rotatable bonds is 1. The molecule has 1 aromatic carbocycles. The lowest BCUT2D eigenvalue weighted by atomic mass is 10.1. The van der Waals surface area contributed by atoms with Crippen LogP contribution in [0.2, 0.25) is 0 Å². The van der Waals surface area contributed by atoms with Gasteiger partial charge in [-0.1, -0.05) is 24.3 Å². The Labute approximate surface area is 73.0 Å². The fourth-order valence-corrected chi connectivity index (χ4v) is 1.09. The molecule has 1 rings (SSSR count). The second kappa shape index (κ2) is 3.73. The van der Waals surface area contributed by atoms with Gasteiger partial charge in [-0.05, 0) is 31.0 Å². The van der Waals surface area contributed by atoms with E-state index in [-0.39, 0.29) is 0 Å². The van der Waals surface area contributed by atoms with Gasteiger partial charge in [0.05, 0.1) is 11.6 Å². The Morgan fingerprint density at radius 3 is 2.75 bits per heavy atom. The standard InChI is InChI=1S/C11H11N/c1-3-4-10-6-5-9(2)7-11(10)8-12/h3-7H,1-2H3. The molecule has 1 heteroatoms. The van der Waals surface area contributed by atoms with E-state index in [4.69, 9.17) is 5.26 Å². The molecule has 0 bridgehead atoms. The zero-order chi connectivity index (χ0) is 8.97. The molecule has 0 atom stereocenters. The lowest BCUT2D eigenvalue weighted by molar-refractivity contribution is 1.41. The van der Waals surface area contributed by atoms with Crippen LogP contribution in [-0.4, -0.2) is 0 Å². The van der Waals surface area contributed by atoms with Crippen molar-refractivity contribution in [3.8, 4) is 6.07 Å². The van der Waals surface area contributed by atoms with Gasteiger partial charge < -0.3 is 0 Å². The second-order valence-electron chi connectivity index (χ2n) is 2.70. The minimum Gasteiger partial charge on any atom is -0.192 e. The highest BCUT2D eigenvalue weighted by atomic mass is 14.2. The molecule has 0 amide bonds. The zero-order valence-electron chi connectivity index (χ0n) is 7.33. The molecule has 0 N–H and O–H groups in total. The maximum Gasteiger partial charge on any atom is 0.0998 e. The van der Waals surface area contributed by atoms with Crippen LogP contribution >= 0.6 is 0 Å². The van der Waals surface area contributed by atoms with E-state index >= 15 is 0 Å².